The van der Waals surface area contributed by atoms with Gasteiger partial charge in [-0.05, 0) is 22.0 Å². The van der Waals surface area contributed by atoms with Gasteiger partial charge in [-0.25, -0.2) is 4.39 Å². The minimum absolute atomic E-state index is 0.0651. The first kappa shape index (κ1) is 10.6. The standard InChI is InChI=1S/C9H11BrFNO/c10-8-3-1-2-7(9(8)11)6-12-4-5-13/h1-3,12-13H,4-6H2. The van der Waals surface area contributed by atoms with Gasteiger partial charge in [-0.2, -0.15) is 0 Å². The quantitative estimate of drug-likeness (QED) is 0.794. The minimum Gasteiger partial charge on any atom is -0.395 e. The van der Waals surface area contributed by atoms with Gasteiger partial charge in [0.2, 0.25) is 0 Å². The fourth-order valence-corrected chi connectivity index (χ4v) is 1.39. The third-order valence-corrected chi connectivity index (χ3v) is 2.25. The molecule has 72 valence electrons. The van der Waals surface area contributed by atoms with Crippen LogP contribution < -0.4 is 5.32 Å². The highest BCUT2D eigenvalue weighted by Gasteiger charge is 2.04. The van der Waals surface area contributed by atoms with Gasteiger partial charge in [-0.1, -0.05) is 12.1 Å². The van der Waals surface area contributed by atoms with Gasteiger partial charge in [-0.3, -0.25) is 0 Å². The van der Waals surface area contributed by atoms with Crippen LogP contribution in [0.2, 0.25) is 0 Å². The first-order valence-electron chi connectivity index (χ1n) is 4.00. The van der Waals surface area contributed by atoms with Crippen molar-refractivity contribution in [1.29, 1.82) is 0 Å². The summed E-state index contributed by atoms with van der Waals surface area (Å²) in [5.74, 6) is -0.243. The van der Waals surface area contributed by atoms with Crippen LogP contribution in [-0.2, 0) is 6.54 Å². The molecule has 13 heavy (non-hydrogen) atoms. The Labute approximate surface area is 84.9 Å². The Bertz CT molecular complexity index is 280. The minimum atomic E-state index is -0.243. The van der Waals surface area contributed by atoms with Crippen LogP contribution >= 0.6 is 15.9 Å². The number of hydrogen-bond donors (Lipinski definition) is 2. The molecule has 0 aliphatic heterocycles. The van der Waals surface area contributed by atoms with Crippen LogP contribution in [0, 0.1) is 5.82 Å². The summed E-state index contributed by atoms with van der Waals surface area (Å²) in [6.45, 7) is 0.980. The lowest BCUT2D eigenvalue weighted by atomic mass is 10.2. The van der Waals surface area contributed by atoms with E-state index in [1.807, 2.05) is 0 Å². The van der Waals surface area contributed by atoms with Crippen molar-refractivity contribution in [2.24, 2.45) is 0 Å². The Hall–Kier alpha value is -0.450. The number of aliphatic hydroxyl groups is 1. The summed E-state index contributed by atoms with van der Waals surface area (Å²) in [4.78, 5) is 0. The second kappa shape index (κ2) is 5.32. The van der Waals surface area contributed by atoms with Gasteiger partial charge in [0.25, 0.3) is 0 Å². The Kier molecular flexibility index (Phi) is 4.35. The van der Waals surface area contributed by atoms with Crippen LogP contribution in [0.1, 0.15) is 5.56 Å². The summed E-state index contributed by atoms with van der Waals surface area (Å²) < 4.78 is 13.7. The molecule has 0 bridgehead atoms. The molecule has 1 aromatic carbocycles. The van der Waals surface area contributed by atoms with Gasteiger partial charge < -0.3 is 10.4 Å². The van der Waals surface area contributed by atoms with E-state index in [-0.39, 0.29) is 12.4 Å². The molecule has 0 spiro atoms. The Morgan fingerprint density at radius 3 is 2.92 bits per heavy atom. The first-order chi connectivity index (χ1) is 6.25. The van der Waals surface area contributed by atoms with Crippen molar-refractivity contribution >= 4 is 15.9 Å². The zero-order valence-corrected chi connectivity index (χ0v) is 8.64. The highest BCUT2D eigenvalue weighted by Crippen LogP contribution is 2.18. The molecule has 1 rings (SSSR count). The van der Waals surface area contributed by atoms with Gasteiger partial charge in [0.05, 0.1) is 11.1 Å². The molecule has 2 N–H and O–H groups in total. The molecule has 0 atom stereocenters. The molecule has 0 aromatic heterocycles. The van der Waals surface area contributed by atoms with Crippen LogP contribution in [0.25, 0.3) is 0 Å². The third-order valence-electron chi connectivity index (χ3n) is 1.64. The molecular formula is C9H11BrFNO. The maximum atomic E-state index is 13.3. The van der Waals surface area contributed by atoms with Crippen LogP contribution in [0.15, 0.2) is 22.7 Å². The molecule has 0 unspecified atom stereocenters. The molecule has 1 aromatic rings. The SMILES string of the molecule is OCCNCc1cccc(Br)c1F. The molecule has 0 saturated carbocycles. The lowest BCUT2D eigenvalue weighted by molar-refractivity contribution is 0.291. The predicted octanol–water partition coefficient (Wildman–Crippen LogP) is 1.67. The molecule has 0 amide bonds. The lowest BCUT2D eigenvalue weighted by Crippen LogP contribution is -2.18. The van der Waals surface area contributed by atoms with Gasteiger partial charge >= 0.3 is 0 Å². The van der Waals surface area contributed by atoms with Crippen molar-refractivity contribution in [3.05, 3.63) is 34.1 Å². The number of hydrogen-bond acceptors (Lipinski definition) is 2. The van der Waals surface area contributed by atoms with Gasteiger partial charge in [-0.15, -0.1) is 0 Å². The number of nitrogens with one attached hydrogen (secondary N) is 1. The van der Waals surface area contributed by atoms with Crippen molar-refractivity contribution in [3.63, 3.8) is 0 Å². The van der Waals surface area contributed by atoms with Crippen molar-refractivity contribution in [2.45, 2.75) is 6.54 Å². The van der Waals surface area contributed by atoms with E-state index in [0.717, 1.165) is 0 Å². The molecular weight excluding hydrogens is 237 g/mol. The van der Waals surface area contributed by atoms with E-state index >= 15 is 0 Å². The monoisotopic (exact) mass is 247 g/mol. The van der Waals surface area contributed by atoms with Crippen molar-refractivity contribution in [1.82, 2.24) is 5.32 Å². The molecule has 2 nitrogen and oxygen atoms in total. The summed E-state index contributed by atoms with van der Waals surface area (Å²) in [6.07, 6.45) is 0. The summed E-state index contributed by atoms with van der Waals surface area (Å²) in [5.41, 5.74) is 0.600. The second-order valence-electron chi connectivity index (χ2n) is 2.61. The van der Waals surface area contributed by atoms with E-state index in [1.165, 1.54) is 0 Å². The van der Waals surface area contributed by atoms with E-state index < -0.39 is 0 Å². The highest BCUT2D eigenvalue weighted by molar-refractivity contribution is 9.10. The molecule has 0 aliphatic carbocycles. The predicted molar refractivity (Wildman–Crippen MR) is 52.9 cm³/mol. The third kappa shape index (κ3) is 3.06. The number of rotatable bonds is 4. The van der Waals surface area contributed by atoms with E-state index in [4.69, 9.17) is 5.11 Å². The fraction of sp³-hybridized carbons (Fsp3) is 0.333. The van der Waals surface area contributed by atoms with Crippen molar-refractivity contribution < 1.29 is 9.50 Å². The number of aliphatic hydroxyl groups excluding tert-OH is 1. The van der Waals surface area contributed by atoms with Gasteiger partial charge in [0, 0.05) is 18.7 Å². The summed E-state index contributed by atoms with van der Waals surface area (Å²) in [6, 6.07) is 5.15. The molecule has 0 aliphatic rings. The van der Waals surface area contributed by atoms with Crippen LogP contribution in [0.3, 0.4) is 0 Å². The summed E-state index contributed by atoms with van der Waals surface area (Å²) >= 11 is 3.10. The normalized spacial score (nSPS) is 10.4. The number of benzene rings is 1. The Balaban J connectivity index is 2.61. The average Bonchev–Trinajstić information content (AvgIpc) is 2.13. The molecule has 4 heteroatoms. The smallest absolute Gasteiger partial charge is 0.141 e. The highest BCUT2D eigenvalue weighted by atomic mass is 79.9. The summed E-state index contributed by atoms with van der Waals surface area (Å²) in [5, 5.41) is 11.4. The zero-order chi connectivity index (χ0) is 9.68. The maximum Gasteiger partial charge on any atom is 0.141 e. The van der Waals surface area contributed by atoms with E-state index in [9.17, 15) is 4.39 Å². The number of halogens is 2. The molecule has 0 saturated heterocycles. The molecule has 0 radical (unpaired) electrons. The lowest BCUT2D eigenvalue weighted by Gasteiger charge is -2.05. The Morgan fingerprint density at radius 1 is 1.46 bits per heavy atom. The van der Waals surface area contributed by atoms with Gasteiger partial charge in [0.15, 0.2) is 0 Å². The van der Waals surface area contributed by atoms with E-state index in [2.05, 4.69) is 21.2 Å². The van der Waals surface area contributed by atoms with Crippen molar-refractivity contribution in [2.75, 3.05) is 13.2 Å². The van der Waals surface area contributed by atoms with Gasteiger partial charge in [0.1, 0.15) is 5.82 Å². The fourth-order valence-electron chi connectivity index (χ4n) is 0.987. The average molecular weight is 248 g/mol. The Morgan fingerprint density at radius 2 is 2.23 bits per heavy atom. The largest absolute Gasteiger partial charge is 0.395 e. The van der Waals surface area contributed by atoms with Crippen LogP contribution in [0.5, 0.6) is 0 Å². The zero-order valence-electron chi connectivity index (χ0n) is 7.06. The van der Waals surface area contributed by atoms with Crippen molar-refractivity contribution in [3.8, 4) is 0 Å². The van der Waals surface area contributed by atoms with Crippen LogP contribution in [-0.4, -0.2) is 18.3 Å². The second-order valence-corrected chi connectivity index (χ2v) is 3.47. The van der Waals surface area contributed by atoms with E-state index in [1.54, 1.807) is 18.2 Å². The van der Waals surface area contributed by atoms with Crippen LogP contribution in [0.4, 0.5) is 4.39 Å². The first-order valence-corrected chi connectivity index (χ1v) is 4.79. The molecule has 0 fully saturated rings. The maximum absolute atomic E-state index is 13.3. The topological polar surface area (TPSA) is 32.3 Å². The van der Waals surface area contributed by atoms with E-state index in [0.29, 0.717) is 23.1 Å². The molecule has 0 heterocycles. The summed E-state index contributed by atoms with van der Waals surface area (Å²) in [7, 11) is 0.